The van der Waals surface area contributed by atoms with Gasteiger partial charge in [-0.2, -0.15) is 0 Å². The van der Waals surface area contributed by atoms with E-state index >= 15 is 0 Å². The maximum Gasteiger partial charge on any atom is 0.234 e. The van der Waals surface area contributed by atoms with E-state index < -0.39 is 0 Å². The van der Waals surface area contributed by atoms with Gasteiger partial charge in [-0.3, -0.25) is 4.57 Å². The average Bonchev–Trinajstić information content (AvgIpc) is 3.57. The Balaban J connectivity index is 1.10. The van der Waals surface area contributed by atoms with Gasteiger partial charge < -0.3 is 18.9 Å². The zero-order chi connectivity index (χ0) is 40.3. The third-order valence-corrected chi connectivity index (χ3v) is 10.00. The van der Waals surface area contributed by atoms with Gasteiger partial charge in [-0.05, 0) is 89.2 Å². The van der Waals surface area contributed by atoms with Crippen molar-refractivity contribution < 1.29 is 18.9 Å². The molecular formula is C50H41N5O4. The number of hydrogen-bond acceptors (Lipinski definition) is 8. The molecule has 9 nitrogen and oxygen atoms in total. The number of fused-ring (bicyclic) bond motifs is 3. The Hall–Kier alpha value is -7.52. The van der Waals surface area contributed by atoms with E-state index in [1.807, 2.05) is 122 Å². The summed E-state index contributed by atoms with van der Waals surface area (Å²) in [5, 5.41) is 2.02. The molecule has 0 N–H and O–H groups in total. The predicted octanol–water partition coefficient (Wildman–Crippen LogP) is 13.4. The van der Waals surface area contributed by atoms with Crippen LogP contribution in [0.15, 0.2) is 164 Å². The summed E-state index contributed by atoms with van der Waals surface area (Å²) in [6.07, 6.45) is 7.20. The van der Waals surface area contributed by atoms with Crippen LogP contribution in [0.25, 0.3) is 38.9 Å². The van der Waals surface area contributed by atoms with Gasteiger partial charge in [0.15, 0.2) is 0 Å². The Kier molecular flexibility index (Phi) is 10.1. The van der Waals surface area contributed by atoms with Crippen molar-refractivity contribution in [1.29, 1.82) is 0 Å². The lowest BCUT2D eigenvalue weighted by Crippen LogP contribution is -2.01. The van der Waals surface area contributed by atoms with Gasteiger partial charge in [0.1, 0.15) is 34.5 Å². The van der Waals surface area contributed by atoms with Gasteiger partial charge in [-0.25, -0.2) is 19.9 Å². The molecule has 0 radical (unpaired) electrons. The number of benzene rings is 5. The van der Waals surface area contributed by atoms with Crippen LogP contribution < -0.4 is 18.9 Å². The molecule has 9 aromatic rings. The number of hydrogen-bond donors (Lipinski definition) is 0. The highest BCUT2D eigenvalue weighted by atomic mass is 16.5. The lowest BCUT2D eigenvalue weighted by molar-refractivity contribution is 0.448. The van der Waals surface area contributed by atoms with Gasteiger partial charge in [-0.15, -0.1) is 0 Å². The minimum Gasteiger partial charge on any atom is -0.457 e. The molecule has 0 saturated heterocycles. The molecule has 0 aliphatic heterocycles. The molecule has 5 aromatic carbocycles. The molecule has 0 bridgehead atoms. The van der Waals surface area contributed by atoms with Crippen LogP contribution in [-0.4, -0.2) is 24.5 Å². The normalized spacial score (nSPS) is 11.4. The monoisotopic (exact) mass is 775 g/mol. The molecule has 0 atom stereocenters. The van der Waals surface area contributed by atoms with Crippen LogP contribution in [0.4, 0.5) is 0 Å². The van der Waals surface area contributed by atoms with E-state index in [4.69, 9.17) is 28.9 Å². The molecule has 0 amide bonds. The van der Waals surface area contributed by atoms with Crippen molar-refractivity contribution in [2.45, 2.75) is 39.5 Å². The lowest BCUT2D eigenvalue weighted by Gasteiger charge is -2.15. The van der Waals surface area contributed by atoms with E-state index in [0.29, 0.717) is 64.0 Å². The Morgan fingerprint density at radius 3 is 1.31 bits per heavy atom. The van der Waals surface area contributed by atoms with Gasteiger partial charge in [0.05, 0.1) is 11.0 Å². The van der Waals surface area contributed by atoms with E-state index in [1.165, 1.54) is 11.1 Å². The smallest absolute Gasteiger partial charge is 0.234 e. The van der Waals surface area contributed by atoms with E-state index in [0.717, 1.165) is 32.9 Å². The van der Waals surface area contributed by atoms with Crippen molar-refractivity contribution in [1.82, 2.24) is 24.5 Å². The molecule has 9 rings (SSSR count). The van der Waals surface area contributed by atoms with Crippen LogP contribution >= 0.6 is 0 Å². The van der Waals surface area contributed by atoms with Crippen molar-refractivity contribution in [3.8, 4) is 63.3 Å². The van der Waals surface area contributed by atoms with Crippen molar-refractivity contribution in [2.24, 2.45) is 0 Å². The molecule has 9 heteroatoms. The fourth-order valence-electron chi connectivity index (χ4n) is 6.95. The molecule has 0 aliphatic rings. The topological polar surface area (TPSA) is 93.4 Å². The summed E-state index contributed by atoms with van der Waals surface area (Å²) in [4.78, 5) is 18.6. The SMILES string of the molecule is CC(C)c1cc(-c2cnc(-n3c4cc(Oc5cccc(Oc6ccccn6)c5)ccc4c4ccc(Oc5cccc(Oc6ccccn6)c5)cc43)nc2)cc(C(C)C)c1. The Morgan fingerprint density at radius 1 is 0.407 bits per heavy atom. The zero-order valence-electron chi connectivity index (χ0n) is 33.1. The lowest BCUT2D eigenvalue weighted by atomic mass is 9.91. The zero-order valence-corrected chi connectivity index (χ0v) is 33.1. The predicted molar refractivity (Wildman–Crippen MR) is 232 cm³/mol. The third kappa shape index (κ3) is 8.17. The number of rotatable bonds is 12. The highest BCUT2D eigenvalue weighted by Gasteiger charge is 2.18. The fourth-order valence-corrected chi connectivity index (χ4v) is 6.95. The first kappa shape index (κ1) is 37.1. The second-order valence-electron chi connectivity index (χ2n) is 14.9. The largest absolute Gasteiger partial charge is 0.457 e. The summed E-state index contributed by atoms with van der Waals surface area (Å²) in [5.74, 6) is 6.06. The van der Waals surface area contributed by atoms with E-state index in [2.05, 4.69) is 72.6 Å². The van der Waals surface area contributed by atoms with Crippen LogP contribution in [0.3, 0.4) is 0 Å². The maximum atomic E-state index is 6.45. The van der Waals surface area contributed by atoms with Crippen molar-refractivity contribution in [3.05, 3.63) is 175 Å². The van der Waals surface area contributed by atoms with E-state index in [1.54, 1.807) is 12.4 Å². The maximum absolute atomic E-state index is 6.45. The van der Waals surface area contributed by atoms with Crippen LogP contribution in [0.1, 0.15) is 50.7 Å². The molecule has 0 spiro atoms. The first-order valence-electron chi connectivity index (χ1n) is 19.6. The first-order chi connectivity index (χ1) is 28.8. The van der Waals surface area contributed by atoms with Crippen LogP contribution in [-0.2, 0) is 0 Å². The highest BCUT2D eigenvalue weighted by molar-refractivity contribution is 6.09. The number of aromatic nitrogens is 5. The summed E-state index contributed by atoms with van der Waals surface area (Å²) in [7, 11) is 0. The quantitative estimate of drug-likeness (QED) is 0.121. The minimum atomic E-state index is 0.393. The second-order valence-corrected chi connectivity index (χ2v) is 14.9. The summed E-state index contributed by atoms with van der Waals surface area (Å²) in [5.41, 5.74) is 6.38. The van der Waals surface area contributed by atoms with Gasteiger partial charge in [0.25, 0.3) is 0 Å². The van der Waals surface area contributed by atoms with Crippen molar-refractivity contribution in [3.63, 3.8) is 0 Å². The van der Waals surface area contributed by atoms with E-state index in [-0.39, 0.29) is 0 Å². The second kappa shape index (κ2) is 16.1. The Bertz CT molecular complexity index is 2720. The Labute approximate surface area is 342 Å². The Morgan fingerprint density at radius 2 is 0.864 bits per heavy atom. The summed E-state index contributed by atoms with van der Waals surface area (Å²) >= 11 is 0. The fraction of sp³-hybridized carbons (Fsp3) is 0.120. The standard InChI is InChI=1S/C50H41N5O4/c1-32(2)34-23-35(33(3)4)25-36(24-34)37-30-53-50(54-31-37)55-46-28-42(56-38-11-9-13-40(26-38)58-48-15-5-7-21-51-48)17-19-44(46)45-20-18-43(29-47(45)55)57-39-12-10-14-41(27-39)59-49-16-6-8-22-52-49/h5-33H,1-4H3. The van der Waals surface area contributed by atoms with E-state index in [9.17, 15) is 0 Å². The van der Waals surface area contributed by atoms with Gasteiger partial charge in [-0.1, -0.05) is 70.2 Å². The highest BCUT2D eigenvalue weighted by Crippen LogP contribution is 2.38. The molecule has 0 unspecified atom stereocenters. The van der Waals surface area contributed by atoms with Gasteiger partial charge in [0, 0.05) is 77.5 Å². The summed E-state index contributed by atoms with van der Waals surface area (Å²) in [6, 6.07) is 45.0. The molecule has 59 heavy (non-hydrogen) atoms. The van der Waals surface area contributed by atoms with Crippen molar-refractivity contribution >= 4 is 21.8 Å². The number of pyridine rings is 2. The first-order valence-corrected chi connectivity index (χ1v) is 19.6. The molecule has 4 heterocycles. The molecular weight excluding hydrogens is 735 g/mol. The van der Waals surface area contributed by atoms with Gasteiger partial charge in [0.2, 0.25) is 17.7 Å². The van der Waals surface area contributed by atoms with Gasteiger partial charge >= 0.3 is 0 Å². The molecule has 4 aromatic heterocycles. The molecule has 0 fully saturated rings. The number of nitrogens with zero attached hydrogens (tertiary/aromatic N) is 5. The summed E-state index contributed by atoms with van der Waals surface area (Å²) in [6.45, 7) is 8.89. The number of ether oxygens (including phenoxy) is 4. The molecule has 0 aliphatic carbocycles. The van der Waals surface area contributed by atoms with Crippen molar-refractivity contribution in [2.75, 3.05) is 0 Å². The van der Waals surface area contributed by atoms with Crippen LogP contribution in [0.5, 0.6) is 46.3 Å². The van der Waals surface area contributed by atoms with Crippen LogP contribution in [0.2, 0.25) is 0 Å². The summed E-state index contributed by atoms with van der Waals surface area (Å²) < 4.78 is 26.9. The minimum absolute atomic E-state index is 0.393. The third-order valence-electron chi connectivity index (χ3n) is 10.00. The average molecular weight is 776 g/mol. The molecule has 0 saturated carbocycles. The van der Waals surface area contributed by atoms with Crippen LogP contribution in [0, 0.1) is 0 Å². The molecule has 290 valence electrons.